The van der Waals surface area contributed by atoms with Crippen LogP contribution in [0.3, 0.4) is 0 Å². The van der Waals surface area contributed by atoms with Crippen LogP contribution in [0.5, 0.6) is 46.0 Å². The third-order valence-electron chi connectivity index (χ3n) is 16.0. The number of anilines is 6. The van der Waals surface area contributed by atoms with E-state index in [1.807, 2.05) is 55.4 Å². The van der Waals surface area contributed by atoms with E-state index < -0.39 is 0 Å². The van der Waals surface area contributed by atoms with Crippen molar-refractivity contribution in [2.45, 2.75) is 102 Å². The number of fused-ring (bicyclic) bond motifs is 3. The average Bonchev–Trinajstić information content (AvgIpc) is 1.64. The maximum absolute atomic E-state index is 6.28. The highest BCUT2D eigenvalue weighted by molar-refractivity contribution is 7.17. The molecule has 0 saturated carbocycles. The molecule has 89 heavy (non-hydrogen) atoms. The van der Waals surface area contributed by atoms with Crippen LogP contribution in [0.1, 0.15) is 99.9 Å². The fraction of sp³-hybridized carbons (Fsp3) is 0.307. The summed E-state index contributed by atoms with van der Waals surface area (Å²) in [4.78, 5) is 13.4. The van der Waals surface area contributed by atoms with Gasteiger partial charge in [0.2, 0.25) is 0 Å². The first-order valence-corrected chi connectivity index (χ1v) is 34.4. The summed E-state index contributed by atoms with van der Waals surface area (Å²) in [5.41, 5.74) is 15.1. The quantitative estimate of drug-likeness (QED) is 0.0523. The van der Waals surface area contributed by atoms with E-state index in [1.165, 1.54) is 22.3 Å². The van der Waals surface area contributed by atoms with Crippen LogP contribution in [-0.4, -0.2) is 52.9 Å². The minimum Gasteiger partial charge on any atom is -0.489 e. The molecule has 0 saturated heterocycles. The summed E-state index contributed by atoms with van der Waals surface area (Å²) >= 11 is 6.82. The van der Waals surface area contributed by atoms with Crippen molar-refractivity contribution >= 4 is 79.5 Å². The van der Waals surface area contributed by atoms with Gasteiger partial charge in [0.1, 0.15) is 0 Å². The number of hydrogen-bond donors (Lipinski definition) is 0. The normalized spacial score (nSPS) is 12.2. The molecular weight excluding hydrogens is 1190 g/mol. The van der Waals surface area contributed by atoms with E-state index in [0.717, 1.165) is 141 Å². The lowest BCUT2D eigenvalue weighted by atomic mass is 9.82. The number of ether oxygens (including phenoxy) is 8. The van der Waals surface area contributed by atoms with Crippen LogP contribution < -0.4 is 47.7 Å². The molecule has 4 heterocycles. The standard InChI is InChI=1S/C75H80N2O8S4/c1-15-78-63-45(9)86-71(67(63)82-19-5)49-23-31-53(32-24-49)76(54-33-25-50(26-34-54)72-68(83-20-6)64(79-16-2)46(10)87-72)57-39-41-59-60-42-40-58(44-62(60)75(13,14)61(59)43-57)77(55-35-27-51(28-36-55)73-69(84-21-7)65(80-17-3)47(11)88-73)56-37-29-52(30-38-56)74-70(85-22-8)66(81-18-4)48(12)89-74/h23-44H,15-22H2,1-14H3. The summed E-state index contributed by atoms with van der Waals surface area (Å²) in [5, 5.41) is 0. The largest absolute Gasteiger partial charge is 0.489 e. The molecule has 6 aromatic carbocycles. The van der Waals surface area contributed by atoms with Gasteiger partial charge >= 0.3 is 0 Å². The number of nitrogens with zero attached hydrogens (tertiary/aromatic N) is 2. The van der Waals surface area contributed by atoms with Gasteiger partial charge in [0.15, 0.2) is 46.0 Å². The minimum absolute atomic E-state index is 0.388. The molecule has 0 radical (unpaired) electrons. The van der Waals surface area contributed by atoms with Gasteiger partial charge in [-0.25, -0.2) is 0 Å². The van der Waals surface area contributed by atoms with E-state index in [1.54, 1.807) is 45.3 Å². The minimum atomic E-state index is -0.388. The van der Waals surface area contributed by atoms with Gasteiger partial charge in [-0.2, -0.15) is 0 Å². The fourth-order valence-corrected chi connectivity index (χ4v) is 16.3. The summed E-state index contributed by atoms with van der Waals surface area (Å²) < 4.78 is 49.7. The van der Waals surface area contributed by atoms with E-state index >= 15 is 0 Å². The first kappa shape index (κ1) is 62.7. The molecule has 0 spiro atoms. The summed E-state index contributed by atoms with van der Waals surface area (Å²) in [6, 6.07) is 49.4. The molecule has 0 unspecified atom stereocenters. The van der Waals surface area contributed by atoms with E-state index in [2.05, 4.69) is 185 Å². The Morgan fingerprint density at radius 2 is 0.483 bits per heavy atom. The van der Waals surface area contributed by atoms with Crippen molar-refractivity contribution < 1.29 is 37.9 Å². The smallest absolute Gasteiger partial charge is 0.180 e. The second-order valence-corrected chi connectivity index (χ2v) is 26.9. The van der Waals surface area contributed by atoms with Gasteiger partial charge in [0.05, 0.1) is 72.4 Å². The molecule has 14 heteroatoms. The van der Waals surface area contributed by atoms with Gasteiger partial charge in [-0.15, -0.1) is 45.3 Å². The molecule has 10 aromatic rings. The number of thiophene rings is 4. The summed E-state index contributed by atoms with van der Waals surface area (Å²) in [5.74, 6) is 6.50. The van der Waals surface area contributed by atoms with Gasteiger partial charge < -0.3 is 47.7 Å². The Balaban J connectivity index is 1.00. The molecular formula is C75H80N2O8S4. The molecule has 1 aliphatic carbocycles. The molecule has 10 nitrogen and oxygen atoms in total. The fourth-order valence-electron chi connectivity index (χ4n) is 12.1. The molecule has 0 bridgehead atoms. The molecule has 4 aromatic heterocycles. The van der Waals surface area contributed by atoms with E-state index in [4.69, 9.17) is 37.9 Å². The average molecular weight is 1270 g/mol. The highest BCUT2D eigenvalue weighted by atomic mass is 32.1. The number of hydrogen-bond acceptors (Lipinski definition) is 14. The van der Waals surface area contributed by atoms with Crippen LogP contribution in [0.4, 0.5) is 34.1 Å². The van der Waals surface area contributed by atoms with Crippen LogP contribution >= 0.6 is 45.3 Å². The van der Waals surface area contributed by atoms with Gasteiger partial charge in [-0.1, -0.05) is 74.5 Å². The Morgan fingerprint density at radius 1 is 0.281 bits per heavy atom. The first-order valence-electron chi connectivity index (χ1n) is 31.1. The highest BCUT2D eigenvalue weighted by Crippen LogP contribution is 2.56. The van der Waals surface area contributed by atoms with Crippen molar-refractivity contribution in [3.05, 3.63) is 164 Å². The monoisotopic (exact) mass is 1260 g/mol. The molecule has 0 N–H and O–H groups in total. The summed E-state index contributed by atoms with van der Waals surface area (Å²) in [6.07, 6.45) is 0. The third-order valence-corrected chi connectivity index (χ3v) is 20.4. The maximum Gasteiger partial charge on any atom is 0.180 e. The Kier molecular flexibility index (Phi) is 19.1. The third kappa shape index (κ3) is 12.0. The highest BCUT2D eigenvalue weighted by Gasteiger charge is 2.37. The zero-order valence-corrected chi connectivity index (χ0v) is 56.9. The maximum atomic E-state index is 6.28. The number of aryl methyl sites for hydroxylation is 4. The van der Waals surface area contributed by atoms with Crippen molar-refractivity contribution in [1.82, 2.24) is 0 Å². The van der Waals surface area contributed by atoms with Crippen LogP contribution in [0.2, 0.25) is 0 Å². The van der Waals surface area contributed by atoms with E-state index in [0.29, 0.717) is 52.9 Å². The van der Waals surface area contributed by atoms with E-state index in [-0.39, 0.29) is 5.41 Å². The predicted octanol–water partition coefficient (Wildman–Crippen LogP) is 22.3. The topological polar surface area (TPSA) is 80.3 Å². The Morgan fingerprint density at radius 3 is 0.697 bits per heavy atom. The van der Waals surface area contributed by atoms with Gasteiger partial charge in [0.25, 0.3) is 0 Å². The molecule has 0 atom stereocenters. The zero-order chi connectivity index (χ0) is 62.7. The molecule has 462 valence electrons. The Hall–Kier alpha value is -7.88. The molecule has 11 rings (SSSR count). The van der Waals surface area contributed by atoms with Crippen molar-refractivity contribution in [2.75, 3.05) is 62.7 Å². The second-order valence-electron chi connectivity index (χ2n) is 22.0. The van der Waals surface area contributed by atoms with Crippen molar-refractivity contribution in [2.24, 2.45) is 0 Å². The summed E-state index contributed by atoms with van der Waals surface area (Å²) in [6.45, 7) is 33.7. The summed E-state index contributed by atoms with van der Waals surface area (Å²) in [7, 11) is 0. The van der Waals surface area contributed by atoms with Crippen LogP contribution in [0.15, 0.2) is 133 Å². The number of rotatable bonds is 26. The lowest BCUT2D eigenvalue weighted by molar-refractivity contribution is 0.290. The lowest BCUT2D eigenvalue weighted by Gasteiger charge is -2.29. The van der Waals surface area contributed by atoms with E-state index in [9.17, 15) is 0 Å². The first-order chi connectivity index (χ1) is 43.2. The lowest BCUT2D eigenvalue weighted by Crippen LogP contribution is -2.17. The van der Waals surface area contributed by atoms with Crippen LogP contribution in [0, 0.1) is 27.7 Å². The van der Waals surface area contributed by atoms with Gasteiger partial charge in [0, 0.05) is 59.0 Å². The van der Waals surface area contributed by atoms with Gasteiger partial charge in [-0.3, -0.25) is 0 Å². The Bertz CT molecular complexity index is 3630. The molecule has 1 aliphatic rings. The van der Waals surface area contributed by atoms with Crippen LogP contribution in [-0.2, 0) is 5.41 Å². The second kappa shape index (κ2) is 27.1. The number of benzene rings is 6. The van der Waals surface area contributed by atoms with Crippen LogP contribution in [0.25, 0.3) is 52.9 Å². The van der Waals surface area contributed by atoms with Gasteiger partial charge in [-0.05, 0) is 200 Å². The predicted molar refractivity (Wildman–Crippen MR) is 375 cm³/mol. The SMILES string of the molecule is CCOc1c(C)sc(-c2ccc(N(c3ccc(-c4sc(C)c(OCC)c4OCC)cc3)c3ccc4c(c3)C(C)(C)c3cc(N(c5ccc(-c6sc(C)c(OCC)c6OCC)cc5)c5ccc(-c6sc(C)c(OCC)c6OCC)cc5)ccc3-4)cc2)c1OCC. The Labute approximate surface area is 541 Å². The molecule has 0 fully saturated rings. The van der Waals surface area contributed by atoms with Crippen molar-refractivity contribution in [3.63, 3.8) is 0 Å². The zero-order valence-electron chi connectivity index (χ0n) is 53.7. The van der Waals surface area contributed by atoms with Crippen molar-refractivity contribution in [3.8, 4) is 98.9 Å². The molecule has 0 aliphatic heterocycles. The molecule has 0 amide bonds. The van der Waals surface area contributed by atoms with Crippen molar-refractivity contribution in [1.29, 1.82) is 0 Å².